The van der Waals surface area contributed by atoms with Crippen molar-refractivity contribution in [3.8, 4) is 5.75 Å². The quantitative estimate of drug-likeness (QED) is 0.840. The molecule has 5 nitrogen and oxygen atoms in total. The van der Waals surface area contributed by atoms with Gasteiger partial charge in [0.05, 0.1) is 18.7 Å². The van der Waals surface area contributed by atoms with Crippen LogP contribution in [0.4, 0.5) is 5.69 Å². The largest absolute Gasteiger partial charge is 0.497 e. The second kappa shape index (κ2) is 5.71. The molecular weight excluding hydrogens is 262 g/mol. The molecule has 1 amide bonds. The van der Waals surface area contributed by atoms with Gasteiger partial charge in [-0.25, -0.2) is 4.98 Å². The van der Waals surface area contributed by atoms with Gasteiger partial charge < -0.3 is 15.8 Å². The molecule has 2 aromatic rings. The molecule has 1 heterocycles. The van der Waals surface area contributed by atoms with Gasteiger partial charge in [0, 0.05) is 17.3 Å². The molecule has 100 valence electrons. The molecule has 6 heteroatoms. The van der Waals surface area contributed by atoms with Gasteiger partial charge in [-0.3, -0.25) is 4.79 Å². The van der Waals surface area contributed by atoms with E-state index in [2.05, 4.69) is 10.3 Å². The number of nitrogens with zero attached hydrogens (tertiary/aromatic N) is 1. The number of methoxy groups -OCH3 is 1. The Balaban J connectivity index is 2.16. The van der Waals surface area contributed by atoms with Crippen molar-refractivity contribution in [1.29, 1.82) is 0 Å². The summed E-state index contributed by atoms with van der Waals surface area (Å²) in [6.45, 7) is 1.88. The molecule has 0 radical (unpaired) electrons. The second-order valence-electron chi connectivity index (χ2n) is 4.02. The third-order valence-electron chi connectivity index (χ3n) is 2.67. The Bertz CT molecular complexity index is 569. The monoisotopic (exact) mass is 277 g/mol. The number of thiazole rings is 1. The average Bonchev–Trinajstić information content (AvgIpc) is 2.93. The van der Waals surface area contributed by atoms with Crippen LogP contribution in [0.5, 0.6) is 5.75 Å². The van der Waals surface area contributed by atoms with Crippen molar-refractivity contribution in [2.24, 2.45) is 0 Å². The number of carbonyl (C=O) groups excluding carboxylic acids is 1. The summed E-state index contributed by atoms with van der Waals surface area (Å²) >= 11 is 1.50. The van der Waals surface area contributed by atoms with Crippen LogP contribution in [-0.2, 0) is 0 Å². The SMILES string of the molecule is COc1ccc(N)c(C(=O)NC(C)c2nccs2)c1. The van der Waals surface area contributed by atoms with Gasteiger partial charge >= 0.3 is 0 Å². The molecule has 0 bridgehead atoms. The molecule has 1 atom stereocenters. The first kappa shape index (κ1) is 13.4. The highest BCUT2D eigenvalue weighted by atomic mass is 32.1. The lowest BCUT2D eigenvalue weighted by atomic mass is 10.1. The number of anilines is 1. The first-order valence-electron chi connectivity index (χ1n) is 5.75. The van der Waals surface area contributed by atoms with Crippen molar-refractivity contribution < 1.29 is 9.53 Å². The molecule has 1 aromatic heterocycles. The lowest BCUT2D eigenvalue weighted by Gasteiger charge is -2.13. The summed E-state index contributed by atoms with van der Waals surface area (Å²) in [6, 6.07) is 4.84. The lowest BCUT2D eigenvalue weighted by molar-refractivity contribution is 0.0940. The summed E-state index contributed by atoms with van der Waals surface area (Å²) in [5, 5.41) is 5.59. The van der Waals surface area contributed by atoms with Crippen molar-refractivity contribution in [3.05, 3.63) is 40.3 Å². The van der Waals surface area contributed by atoms with Crippen LogP contribution in [0.1, 0.15) is 28.3 Å². The molecule has 0 spiro atoms. The molecule has 2 rings (SSSR count). The van der Waals surface area contributed by atoms with Crippen LogP contribution < -0.4 is 15.8 Å². The number of nitrogens with two attached hydrogens (primary N) is 1. The fourth-order valence-corrected chi connectivity index (χ4v) is 2.29. The third kappa shape index (κ3) is 3.03. The van der Waals surface area contributed by atoms with Gasteiger partial charge in [0.2, 0.25) is 0 Å². The standard InChI is InChI=1S/C13H15N3O2S/c1-8(13-15-5-6-19-13)16-12(17)10-7-9(18-2)3-4-11(10)14/h3-8H,14H2,1-2H3,(H,16,17). The predicted molar refractivity (Wildman–Crippen MR) is 75.4 cm³/mol. The van der Waals surface area contributed by atoms with Crippen molar-refractivity contribution in [3.63, 3.8) is 0 Å². The van der Waals surface area contributed by atoms with E-state index in [9.17, 15) is 4.79 Å². The molecule has 19 heavy (non-hydrogen) atoms. The number of hydrogen-bond donors (Lipinski definition) is 2. The third-order valence-corrected chi connectivity index (χ3v) is 3.63. The normalized spacial score (nSPS) is 11.9. The zero-order chi connectivity index (χ0) is 13.8. The number of carbonyl (C=O) groups is 1. The number of aromatic nitrogens is 1. The van der Waals surface area contributed by atoms with Crippen LogP contribution >= 0.6 is 11.3 Å². The van der Waals surface area contributed by atoms with Crippen LogP contribution in [0.15, 0.2) is 29.8 Å². The summed E-state index contributed by atoms with van der Waals surface area (Å²) in [5.74, 6) is 0.361. The van der Waals surface area contributed by atoms with E-state index in [0.29, 0.717) is 17.0 Å². The maximum atomic E-state index is 12.2. The van der Waals surface area contributed by atoms with Crippen molar-refractivity contribution in [1.82, 2.24) is 10.3 Å². The molecule has 0 aliphatic heterocycles. The number of hydrogen-bond acceptors (Lipinski definition) is 5. The number of ether oxygens (including phenoxy) is 1. The summed E-state index contributed by atoms with van der Waals surface area (Å²) in [7, 11) is 1.55. The van der Waals surface area contributed by atoms with Crippen LogP contribution in [0.25, 0.3) is 0 Å². The zero-order valence-corrected chi connectivity index (χ0v) is 11.5. The minimum absolute atomic E-state index is 0.155. The molecular formula is C13H15N3O2S. The molecule has 0 saturated heterocycles. The van der Waals surface area contributed by atoms with Crippen molar-refractivity contribution in [2.75, 3.05) is 12.8 Å². The Hall–Kier alpha value is -2.08. The van der Waals surface area contributed by atoms with Crippen molar-refractivity contribution in [2.45, 2.75) is 13.0 Å². The van der Waals surface area contributed by atoms with E-state index in [1.807, 2.05) is 12.3 Å². The van der Waals surface area contributed by atoms with Gasteiger partial charge in [-0.05, 0) is 25.1 Å². The van der Waals surface area contributed by atoms with Crippen molar-refractivity contribution >= 4 is 22.9 Å². The molecule has 0 saturated carbocycles. The van der Waals surface area contributed by atoms with Gasteiger partial charge in [0.1, 0.15) is 10.8 Å². The molecule has 1 aromatic carbocycles. The Morgan fingerprint density at radius 3 is 2.95 bits per heavy atom. The van der Waals surface area contributed by atoms with Gasteiger partial charge in [-0.1, -0.05) is 0 Å². The number of nitrogens with one attached hydrogen (secondary N) is 1. The Kier molecular flexibility index (Phi) is 4.01. The smallest absolute Gasteiger partial charge is 0.254 e. The Morgan fingerprint density at radius 1 is 1.53 bits per heavy atom. The van der Waals surface area contributed by atoms with Crippen LogP contribution in [-0.4, -0.2) is 18.0 Å². The van der Waals surface area contributed by atoms with Gasteiger partial charge in [-0.15, -0.1) is 11.3 Å². The fraction of sp³-hybridized carbons (Fsp3) is 0.231. The Labute approximate surface area is 115 Å². The average molecular weight is 277 g/mol. The highest BCUT2D eigenvalue weighted by Crippen LogP contribution is 2.21. The van der Waals surface area contributed by atoms with Gasteiger partial charge in [0.15, 0.2) is 0 Å². The number of benzene rings is 1. The number of rotatable bonds is 4. The number of amides is 1. The minimum Gasteiger partial charge on any atom is -0.497 e. The lowest BCUT2D eigenvalue weighted by Crippen LogP contribution is -2.27. The molecule has 1 unspecified atom stereocenters. The summed E-state index contributed by atoms with van der Waals surface area (Å²) in [6.07, 6.45) is 1.71. The summed E-state index contributed by atoms with van der Waals surface area (Å²) < 4.78 is 5.09. The van der Waals surface area contributed by atoms with Gasteiger partial charge in [-0.2, -0.15) is 0 Å². The molecule has 0 aliphatic rings. The first-order valence-corrected chi connectivity index (χ1v) is 6.63. The van der Waals surface area contributed by atoms with Crippen LogP contribution in [0.3, 0.4) is 0 Å². The van der Waals surface area contributed by atoms with E-state index in [1.54, 1.807) is 31.5 Å². The molecule has 0 fully saturated rings. The second-order valence-corrected chi connectivity index (χ2v) is 4.94. The van der Waals surface area contributed by atoms with Crippen LogP contribution in [0.2, 0.25) is 0 Å². The summed E-state index contributed by atoms with van der Waals surface area (Å²) in [4.78, 5) is 16.3. The maximum Gasteiger partial charge on any atom is 0.254 e. The topological polar surface area (TPSA) is 77.2 Å². The van der Waals surface area contributed by atoms with Crippen LogP contribution in [0, 0.1) is 0 Å². The maximum absolute atomic E-state index is 12.2. The fourth-order valence-electron chi connectivity index (χ4n) is 1.64. The molecule has 0 aliphatic carbocycles. The van der Waals surface area contributed by atoms with E-state index in [0.717, 1.165) is 5.01 Å². The van der Waals surface area contributed by atoms with E-state index in [4.69, 9.17) is 10.5 Å². The minimum atomic E-state index is -0.237. The van der Waals surface area contributed by atoms with E-state index < -0.39 is 0 Å². The Morgan fingerprint density at radius 2 is 2.32 bits per heavy atom. The van der Waals surface area contributed by atoms with E-state index >= 15 is 0 Å². The summed E-state index contributed by atoms with van der Waals surface area (Å²) in [5.41, 5.74) is 6.64. The van der Waals surface area contributed by atoms with Gasteiger partial charge in [0.25, 0.3) is 5.91 Å². The molecule has 3 N–H and O–H groups in total. The highest BCUT2D eigenvalue weighted by molar-refractivity contribution is 7.09. The van der Waals surface area contributed by atoms with E-state index in [1.165, 1.54) is 11.3 Å². The zero-order valence-electron chi connectivity index (χ0n) is 10.7. The predicted octanol–water partition coefficient (Wildman–Crippen LogP) is 2.22. The first-order chi connectivity index (χ1) is 9.11. The van der Waals surface area contributed by atoms with E-state index in [-0.39, 0.29) is 11.9 Å². The highest BCUT2D eigenvalue weighted by Gasteiger charge is 2.16. The number of nitrogen functional groups attached to an aromatic ring is 1.